The van der Waals surface area contributed by atoms with Gasteiger partial charge < -0.3 is 11.1 Å². The SMILES string of the molecule is CCC(NC(=O)c1nccnc1N)c1nc2c(Cl)ccc(Cl)c2c(=O)n1-c1ccn[nH]1. The van der Waals surface area contributed by atoms with Gasteiger partial charge in [0.05, 0.1) is 33.2 Å². The fourth-order valence-corrected chi connectivity index (χ4v) is 3.61. The monoisotopic (exact) mass is 458 g/mol. The summed E-state index contributed by atoms with van der Waals surface area (Å²) in [6.45, 7) is 1.83. The zero-order chi connectivity index (χ0) is 22.1. The van der Waals surface area contributed by atoms with Crippen molar-refractivity contribution in [3.05, 3.63) is 68.7 Å². The summed E-state index contributed by atoms with van der Waals surface area (Å²) in [4.78, 5) is 38.7. The van der Waals surface area contributed by atoms with Crippen LogP contribution in [0.15, 0.2) is 41.6 Å². The zero-order valence-corrected chi connectivity index (χ0v) is 17.6. The molecule has 0 aliphatic rings. The minimum absolute atomic E-state index is 0.0119. The van der Waals surface area contributed by atoms with Gasteiger partial charge in [0, 0.05) is 18.5 Å². The van der Waals surface area contributed by atoms with Crippen molar-refractivity contribution in [1.29, 1.82) is 0 Å². The van der Waals surface area contributed by atoms with Crippen molar-refractivity contribution in [2.45, 2.75) is 19.4 Å². The Bertz CT molecular complexity index is 1340. The summed E-state index contributed by atoms with van der Waals surface area (Å²) in [7, 11) is 0. The number of nitrogen functional groups attached to an aromatic ring is 1. The first kappa shape index (κ1) is 20.8. The van der Waals surface area contributed by atoms with Crippen molar-refractivity contribution < 1.29 is 4.79 Å². The van der Waals surface area contributed by atoms with Gasteiger partial charge in [-0.05, 0) is 18.6 Å². The maximum Gasteiger partial charge on any atom is 0.274 e. The van der Waals surface area contributed by atoms with Gasteiger partial charge >= 0.3 is 0 Å². The fraction of sp³-hybridized carbons (Fsp3) is 0.158. The van der Waals surface area contributed by atoms with Crippen molar-refractivity contribution in [1.82, 2.24) is 35.0 Å². The Balaban J connectivity index is 1.91. The average Bonchev–Trinajstić information content (AvgIpc) is 3.28. The molecular formula is C19H16Cl2N8O2. The quantitative estimate of drug-likeness (QED) is 0.416. The van der Waals surface area contributed by atoms with Crippen LogP contribution >= 0.6 is 23.2 Å². The topological polar surface area (TPSA) is 144 Å². The van der Waals surface area contributed by atoms with E-state index in [4.69, 9.17) is 28.9 Å². The van der Waals surface area contributed by atoms with E-state index in [0.29, 0.717) is 12.2 Å². The maximum absolute atomic E-state index is 13.4. The third kappa shape index (κ3) is 3.71. The van der Waals surface area contributed by atoms with Crippen molar-refractivity contribution in [2.75, 3.05) is 5.73 Å². The van der Waals surface area contributed by atoms with Crippen LogP contribution < -0.4 is 16.6 Å². The molecule has 1 amide bonds. The second-order valence-corrected chi connectivity index (χ2v) is 7.34. The lowest BCUT2D eigenvalue weighted by Crippen LogP contribution is -2.35. The van der Waals surface area contributed by atoms with Gasteiger partial charge in [0.1, 0.15) is 11.6 Å². The zero-order valence-electron chi connectivity index (χ0n) is 16.1. The molecule has 4 N–H and O–H groups in total. The van der Waals surface area contributed by atoms with E-state index in [1.807, 2.05) is 6.92 Å². The molecule has 31 heavy (non-hydrogen) atoms. The van der Waals surface area contributed by atoms with Gasteiger partial charge in [0.15, 0.2) is 11.5 Å². The summed E-state index contributed by atoms with van der Waals surface area (Å²) >= 11 is 12.6. The number of halogens is 2. The molecule has 3 heterocycles. The van der Waals surface area contributed by atoms with Gasteiger partial charge in [-0.2, -0.15) is 5.10 Å². The Morgan fingerprint density at radius 2 is 1.94 bits per heavy atom. The van der Waals surface area contributed by atoms with Gasteiger partial charge in [-0.3, -0.25) is 14.7 Å². The molecule has 0 spiro atoms. The van der Waals surface area contributed by atoms with E-state index in [1.165, 1.54) is 29.2 Å². The first-order valence-corrected chi connectivity index (χ1v) is 9.95. The van der Waals surface area contributed by atoms with Crippen LogP contribution in [0.3, 0.4) is 0 Å². The van der Waals surface area contributed by atoms with E-state index in [9.17, 15) is 9.59 Å². The van der Waals surface area contributed by atoms with E-state index in [-0.39, 0.29) is 38.3 Å². The van der Waals surface area contributed by atoms with E-state index >= 15 is 0 Å². The Kier molecular flexibility index (Phi) is 5.57. The van der Waals surface area contributed by atoms with Gasteiger partial charge in [-0.15, -0.1) is 0 Å². The van der Waals surface area contributed by atoms with Crippen LogP contribution in [0.1, 0.15) is 35.7 Å². The highest BCUT2D eigenvalue weighted by molar-refractivity contribution is 6.39. The van der Waals surface area contributed by atoms with E-state index < -0.39 is 17.5 Å². The van der Waals surface area contributed by atoms with Crippen molar-refractivity contribution in [3.63, 3.8) is 0 Å². The van der Waals surface area contributed by atoms with Crippen LogP contribution in [0.5, 0.6) is 0 Å². The smallest absolute Gasteiger partial charge is 0.274 e. The Morgan fingerprint density at radius 3 is 2.61 bits per heavy atom. The summed E-state index contributed by atoms with van der Waals surface area (Å²) in [6.07, 6.45) is 4.64. The minimum Gasteiger partial charge on any atom is -0.382 e. The van der Waals surface area contributed by atoms with Crippen LogP contribution in [0.25, 0.3) is 16.7 Å². The van der Waals surface area contributed by atoms with Gasteiger partial charge in [0.2, 0.25) is 0 Å². The lowest BCUT2D eigenvalue weighted by molar-refractivity contribution is 0.0928. The largest absolute Gasteiger partial charge is 0.382 e. The second-order valence-electron chi connectivity index (χ2n) is 6.53. The highest BCUT2D eigenvalue weighted by atomic mass is 35.5. The van der Waals surface area contributed by atoms with Gasteiger partial charge in [-0.25, -0.2) is 19.5 Å². The van der Waals surface area contributed by atoms with E-state index in [0.717, 1.165) is 0 Å². The molecule has 0 aliphatic heterocycles. The molecule has 10 nitrogen and oxygen atoms in total. The number of carbonyl (C=O) groups is 1. The van der Waals surface area contributed by atoms with Crippen molar-refractivity contribution in [3.8, 4) is 5.82 Å². The van der Waals surface area contributed by atoms with E-state index in [1.54, 1.807) is 12.1 Å². The minimum atomic E-state index is -0.690. The summed E-state index contributed by atoms with van der Waals surface area (Å²) < 4.78 is 1.31. The fourth-order valence-electron chi connectivity index (χ4n) is 3.17. The van der Waals surface area contributed by atoms with Crippen molar-refractivity contribution in [2.24, 2.45) is 0 Å². The molecule has 0 saturated carbocycles. The van der Waals surface area contributed by atoms with Crippen LogP contribution in [0.4, 0.5) is 5.82 Å². The molecule has 3 aromatic heterocycles. The first-order valence-electron chi connectivity index (χ1n) is 9.20. The maximum atomic E-state index is 13.4. The molecule has 0 saturated heterocycles. The molecule has 1 aromatic carbocycles. The number of anilines is 1. The molecule has 0 aliphatic carbocycles. The standard InChI is InChI=1S/C19H16Cl2N8O2/c1-2-11(26-18(30)15-16(22)24-8-7-23-15)17-27-14-10(21)4-3-9(20)13(14)19(31)29(17)12-5-6-25-28-12/h3-8,11H,2H2,1H3,(H2,22,24)(H,25,28)(H,26,30). The van der Waals surface area contributed by atoms with Crippen LogP contribution in [-0.2, 0) is 0 Å². The highest BCUT2D eigenvalue weighted by Gasteiger charge is 2.25. The number of aromatic nitrogens is 6. The molecule has 12 heteroatoms. The second kappa shape index (κ2) is 8.32. The number of nitrogens with one attached hydrogen (secondary N) is 2. The molecule has 1 atom stereocenters. The Hall–Kier alpha value is -3.50. The number of aromatic amines is 1. The van der Waals surface area contributed by atoms with Crippen molar-refractivity contribution >= 4 is 45.8 Å². The Morgan fingerprint density at radius 1 is 1.19 bits per heavy atom. The number of benzene rings is 1. The molecule has 4 rings (SSSR count). The van der Waals surface area contributed by atoms with Gasteiger partial charge in [0.25, 0.3) is 11.5 Å². The van der Waals surface area contributed by atoms with Gasteiger partial charge in [-0.1, -0.05) is 30.1 Å². The number of carbonyl (C=O) groups excluding carboxylic acids is 1. The summed E-state index contributed by atoms with van der Waals surface area (Å²) in [5.74, 6) is 0.0312. The number of fused-ring (bicyclic) bond motifs is 1. The lowest BCUT2D eigenvalue weighted by atomic mass is 10.1. The van der Waals surface area contributed by atoms with Crippen LogP contribution in [0.2, 0.25) is 10.0 Å². The normalized spacial score (nSPS) is 12.1. The molecular weight excluding hydrogens is 443 g/mol. The van der Waals surface area contributed by atoms with Crippen LogP contribution in [0, 0.1) is 0 Å². The molecule has 0 radical (unpaired) electrons. The summed E-state index contributed by atoms with van der Waals surface area (Å²) in [5.41, 5.74) is 5.52. The van der Waals surface area contributed by atoms with E-state index in [2.05, 4.69) is 30.5 Å². The number of H-pyrrole nitrogens is 1. The predicted molar refractivity (Wildman–Crippen MR) is 116 cm³/mol. The molecule has 0 bridgehead atoms. The third-order valence-corrected chi connectivity index (χ3v) is 5.26. The average molecular weight is 459 g/mol. The number of amides is 1. The lowest BCUT2D eigenvalue weighted by Gasteiger charge is -2.21. The first-order chi connectivity index (χ1) is 14.9. The summed E-state index contributed by atoms with van der Waals surface area (Å²) in [6, 6.07) is 4.00. The highest BCUT2D eigenvalue weighted by Crippen LogP contribution is 2.28. The summed E-state index contributed by atoms with van der Waals surface area (Å²) in [5, 5.41) is 10.1. The number of hydrogen-bond donors (Lipinski definition) is 3. The number of rotatable bonds is 5. The Labute approximate surface area is 185 Å². The molecule has 1 unspecified atom stereocenters. The number of hydrogen-bond acceptors (Lipinski definition) is 7. The number of nitrogens with zero attached hydrogens (tertiary/aromatic N) is 5. The third-order valence-electron chi connectivity index (χ3n) is 4.64. The molecule has 4 aromatic rings. The van der Waals surface area contributed by atoms with Crippen LogP contribution in [-0.4, -0.2) is 35.6 Å². The predicted octanol–water partition coefficient (Wildman–Crippen LogP) is 2.67. The number of nitrogens with two attached hydrogens (primary N) is 1. The molecule has 0 fully saturated rings. The molecule has 158 valence electrons.